The number of aryl methyl sites for hydroxylation is 1. The third-order valence-electron chi connectivity index (χ3n) is 5.90. The van der Waals surface area contributed by atoms with Gasteiger partial charge in [0.1, 0.15) is 5.54 Å². The van der Waals surface area contributed by atoms with Crippen molar-refractivity contribution in [1.29, 1.82) is 0 Å². The van der Waals surface area contributed by atoms with Gasteiger partial charge in [-0.15, -0.1) is 0 Å². The summed E-state index contributed by atoms with van der Waals surface area (Å²) in [5, 5.41) is 6.35. The third kappa shape index (κ3) is 3.92. The first kappa shape index (κ1) is 19.3. The maximum atomic E-state index is 13.4. The third-order valence-corrected chi connectivity index (χ3v) is 5.90. The molecule has 1 unspecified atom stereocenters. The number of nitrogens with zero attached hydrogens (tertiary/aromatic N) is 4. The predicted octanol–water partition coefficient (Wildman–Crippen LogP) is 1.28. The number of piperidine rings is 1. The Morgan fingerprint density at radius 3 is 2.62 bits per heavy atom. The highest BCUT2D eigenvalue weighted by Crippen LogP contribution is 2.39. The highest BCUT2D eigenvalue weighted by molar-refractivity contribution is 5.92. The first-order valence-corrected chi connectivity index (χ1v) is 10.1. The maximum absolute atomic E-state index is 13.4. The van der Waals surface area contributed by atoms with Gasteiger partial charge in [-0.05, 0) is 43.9 Å². The Labute approximate surface area is 168 Å². The fraction of sp³-hybridized carbons (Fsp3) is 0.476. The van der Waals surface area contributed by atoms with Gasteiger partial charge in [-0.1, -0.05) is 6.07 Å². The zero-order chi connectivity index (χ0) is 20.3. The second-order valence-electron chi connectivity index (χ2n) is 7.74. The number of pyridine rings is 1. The minimum atomic E-state index is -0.720. The summed E-state index contributed by atoms with van der Waals surface area (Å²) in [6.45, 7) is 1.78. The number of rotatable bonds is 5. The highest BCUT2D eigenvalue weighted by atomic mass is 16.2. The number of amides is 2. The Kier molecular flexibility index (Phi) is 5.42. The van der Waals surface area contributed by atoms with Crippen LogP contribution in [-0.2, 0) is 22.6 Å². The van der Waals surface area contributed by atoms with Crippen LogP contribution < -0.4 is 5.56 Å². The second-order valence-corrected chi connectivity index (χ2v) is 7.74. The molecule has 0 bridgehead atoms. The van der Waals surface area contributed by atoms with Crippen LogP contribution in [0.5, 0.6) is 0 Å². The van der Waals surface area contributed by atoms with Crippen molar-refractivity contribution in [2.45, 2.75) is 50.6 Å². The van der Waals surface area contributed by atoms with Gasteiger partial charge in [0, 0.05) is 38.2 Å². The fourth-order valence-corrected chi connectivity index (χ4v) is 4.51. The van der Waals surface area contributed by atoms with Gasteiger partial charge in [-0.3, -0.25) is 19.4 Å². The SMILES string of the molecule is O=C(CCc1ccc(=O)[nH]n1)N1CCCC12CCCN(Cc1ccccn1)C2=O. The molecule has 2 aliphatic rings. The van der Waals surface area contributed by atoms with Gasteiger partial charge in [0.15, 0.2) is 0 Å². The van der Waals surface area contributed by atoms with Crippen molar-refractivity contribution in [3.63, 3.8) is 0 Å². The maximum Gasteiger partial charge on any atom is 0.264 e. The van der Waals surface area contributed by atoms with Gasteiger partial charge in [-0.2, -0.15) is 5.10 Å². The van der Waals surface area contributed by atoms with Crippen molar-refractivity contribution in [3.8, 4) is 0 Å². The molecule has 8 heteroatoms. The zero-order valence-corrected chi connectivity index (χ0v) is 16.3. The van der Waals surface area contributed by atoms with E-state index in [1.165, 1.54) is 6.07 Å². The molecule has 0 saturated carbocycles. The van der Waals surface area contributed by atoms with Crippen molar-refractivity contribution in [2.24, 2.45) is 0 Å². The van der Waals surface area contributed by atoms with Crippen LogP contribution in [0.15, 0.2) is 41.3 Å². The van der Waals surface area contributed by atoms with Gasteiger partial charge in [0.25, 0.3) is 5.56 Å². The lowest BCUT2D eigenvalue weighted by molar-refractivity contribution is -0.155. The molecule has 2 saturated heterocycles. The molecule has 0 radical (unpaired) electrons. The Bertz CT molecular complexity index is 924. The molecule has 8 nitrogen and oxygen atoms in total. The fourth-order valence-electron chi connectivity index (χ4n) is 4.51. The van der Waals surface area contributed by atoms with E-state index in [-0.39, 0.29) is 23.8 Å². The number of hydrogen-bond donors (Lipinski definition) is 1. The Morgan fingerprint density at radius 2 is 1.90 bits per heavy atom. The van der Waals surface area contributed by atoms with Crippen LogP contribution in [-0.4, -0.2) is 55.4 Å². The summed E-state index contributed by atoms with van der Waals surface area (Å²) in [6, 6.07) is 8.74. The van der Waals surface area contributed by atoms with E-state index in [4.69, 9.17) is 0 Å². The number of carbonyl (C=O) groups is 2. The number of hydrogen-bond acceptors (Lipinski definition) is 5. The van der Waals surface area contributed by atoms with E-state index in [0.717, 1.165) is 18.5 Å². The van der Waals surface area contributed by atoms with Crippen molar-refractivity contribution < 1.29 is 9.59 Å². The Balaban J connectivity index is 1.46. The quantitative estimate of drug-likeness (QED) is 0.822. The van der Waals surface area contributed by atoms with Gasteiger partial charge in [0.2, 0.25) is 11.8 Å². The average molecular weight is 395 g/mol. The van der Waals surface area contributed by atoms with Crippen LogP contribution >= 0.6 is 0 Å². The summed E-state index contributed by atoms with van der Waals surface area (Å²) in [5.74, 6) is 0.0194. The van der Waals surface area contributed by atoms with Crippen molar-refractivity contribution in [2.75, 3.05) is 13.1 Å². The molecule has 152 valence electrons. The van der Waals surface area contributed by atoms with E-state index in [1.807, 2.05) is 23.1 Å². The van der Waals surface area contributed by atoms with Crippen LogP contribution in [0.4, 0.5) is 0 Å². The normalized spacial score (nSPS) is 21.7. The minimum Gasteiger partial charge on any atom is -0.335 e. The van der Waals surface area contributed by atoms with Gasteiger partial charge >= 0.3 is 0 Å². The molecule has 2 aliphatic heterocycles. The molecule has 1 spiro atoms. The van der Waals surface area contributed by atoms with Crippen LogP contribution in [0.3, 0.4) is 0 Å². The number of aromatic amines is 1. The van der Waals surface area contributed by atoms with E-state index in [1.54, 1.807) is 17.2 Å². The summed E-state index contributed by atoms with van der Waals surface area (Å²) < 4.78 is 0. The summed E-state index contributed by atoms with van der Waals surface area (Å²) in [5.41, 5.74) is 0.540. The summed E-state index contributed by atoms with van der Waals surface area (Å²) >= 11 is 0. The van der Waals surface area contributed by atoms with E-state index in [2.05, 4.69) is 15.2 Å². The summed E-state index contributed by atoms with van der Waals surface area (Å²) in [4.78, 5) is 45.6. The Morgan fingerprint density at radius 1 is 1.07 bits per heavy atom. The minimum absolute atomic E-state index is 0.0245. The molecule has 1 atom stereocenters. The molecule has 2 fully saturated rings. The lowest BCUT2D eigenvalue weighted by Gasteiger charge is -2.44. The number of nitrogens with one attached hydrogen (secondary N) is 1. The molecule has 2 aromatic heterocycles. The smallest absolute Gasteiger partial charge is 0.264 e. The molecule has 29 heavy (non-hydrogen) atoms. The lowest BCUT2D eigenvalue weighted by atomic mass is 9.85. The number of aromatic nitrogens is 3. The molecule has 0 aliphatic carbocycles. The molecule has 4 rings (SSSR count). The van der Waals surface area contributed by atoms with E-state index in [9.17, 15) is 14.4 Å². The van der Waals surface area contributed by atoms with E-state index in [0.29, 0.717) is 44.6 Å². The molecule has 2 aromatic rings. The zero-order valence-electron chi connectivity index (χ0n) is 16.3. The van der Waals surface area contributed by atoms with Gasteiger partial charge in [0.05, 0.1) is 17.9 Å². The first-order chi connectivity index (χ1) is 14.1. The monoisotopic (exact) mass is 395 g/mol. The molecule has 4 heterocycles. The van der Waals surface area contributed by atoms with Gasteiger partial charge < -0.3 is 9.80 Å². The molecule has 0 aromatic carbocycles. The molecule has 2 amide bonds. The van der Waals surface area contributed by atoms with E-state index >= 15 is 0 Å². The largest absolute Gasteiger partial charge is 0.335 e. The van der Waals surface area contributed by atoms with E-state index < -0.39 is 5.54 Å². The molecule has 1 N–H and O–H groups in total. The second kappa shape index (κ2) is 8.14. The number of likely N-dealkylation sites (tertiary alicyclic amines) is 2. The standard InChI is InChI=1S/C21H25N5O3/c27-18-8-6-16(23-24-18)7-9-19(28)26-14-4-11-21(26)10-3-13-25(20(21)29)15-17-5-1-2-12-22-17/h1-2,5-6,8,12H,3-4,7,9-11,13-15H2,(H,24,27). The van der Waals surface area contributed by atoms with Gasteiger partial charge in [-0.25, -0.2) is 5.10 Å². The molecular weight excluding hydrogens is 370 g/mol. The summed E-state index contributed by atoms with van der Waals surface area (Å²) in [6.07, 6.45) is 5.59. The van der Waals surface area contributed by atoms with Crippen molar-refractivity contribution in [1.82, 2.24) is 25.0 Å². The first-order valence-electron chi connectivity index (χ1n) is 10.1. The number of carbonyl (C=O) groups excluding carboxylic acids is 2. The topological polar surface area (TPSA) is 99.3 Å². The Hall–Kier alpha value is -3.03. The van der Waals surface area contributed by atoms with Crippen LogP contribution in [0.2, 0.25) is 0 Å². The van der Waals surface area contributed by atoms with Crippen LogP contribution in [0.25, 0.3) is 0 Å². The highest BCUT2D eigenvalue weighted by Gasteiger charge is 2.52. The number of H-pyrrole nitrogens is 1. The van der Waals surface area contributed by atoms with Crippen molar-refractivity contribution in [3.05, 3.63) is 58.3 Å². The predicted molar refractivity (Wildman–Crippen MR) is 106 cm³/mol. The van der Waals surface area contributed by atoms with Crippen LogP contribution in [0.1, 0.15) is 43.5 Å². The van der Waals surface area contributed by atoms with Crippen molar-refractivity contribution >= 4 is 11.8 Å². The summed E-state index contributed by atoms with van der Waals surface area (Å²) in [7, 11) is 0. The molecular formula is C21H25N5O3. The van der Waals surface area contributed by atoms with Crippen LogP contribution in [0, 0.1) is 0 Å². The lowest BCUT2D eigenvalue weighted by Crippen LogP contribution is -2.61. The average Bonchev–Trinajstić information content (AvgIpc) is 3.16.